The van der Waals surface area contributed by atoms with Crippen molar-refractivity contribution in [2.24, 2.45) is 5.73 Å². The second-order valence-corrected chi connectivity index (χ2v) is 4.25. The first-order chi connectivity index (χ1) is 8.76. The minimum Gasteiger partial charge on any atom is -0.482 e. The Hall–Kier alpha value is -1.59. The van der Waals surface area contributed by atoms with Crippen LogP contribution in [-0.2, 0) is 11.2 Å². The van der Waals surface area contributed by atoms with Crippen molar-refractivity contribution in [3.05, 3.63) is 23.8 Å². The van der Waals surface area contributed by atoms with Gasteiger partial charge in [0, 0.05) is 13.2 Å². The number of hydrogen-bond donors (Lipinski definition) is 2. The van der Waals surface area contributed by atoms with E-state index >= 15 is 0 Å². The standard InChI is InChI=1S/C13H18N2O3/c14-5-4-10-2-3-12-11(8-10)15(6-1-7-16)13(17)9-18-12/h2-3,8,16H,1,4-7,9,14H2. The first-order valence-corrected chi connectivity index (χ1v) is 6.13. The van der Waals surface area contributed by atoms with Crippen molar-refractivity contribution >= 4 is 11.6 Å². The van der Waals surface area contributed by atoms with E-state index in [9.17, 15) is 4.79 Å². The summed E-state index contributed by atoms with van der Waals surface area (Å²) < 4.78 is 5.39. The number of nitrogens with zero attached hydrogens (tertiary/aromatic N) is 1. The maximum Gasteiger partial charge on any atom is 0.265 e. The topological polar surface area (TPSA) is 75.8 Å². The predicted octanol–water partition coefficient (Wildman–Crippen LogP) is 0.296. The van der Waals surface area contributed by atoms with Gasteiger partial charge in [0.15, 0.2) is 6.61 Å². The van der Waals surface area contributed by atoms with Crippen LogP contribution in [-0.4, -0.2) is 37.3 Å². The normalized spacial score (nSPS) is 14.3. The highest BCUT2D eigenvalue weighted by Crippen LogP contribution is 2.33. The molecule has 1 aliphatic heterocycles. The lowest BCUT2D eigenvalue weighted by Crippen LogP contribution is -2.39. The minimum atomic E-state index is -0.0687. The van der Waals surface area contributed by atoms with E-state index in [1.165, 1.54) is 0 Å². The van der Waals surface area contributed by atoms with E-state index in [1.54, 1.807) is 4.90 Å². The molecule has 3 N–H and O–H groups in total. The van der Waals surface area contributed by atoms with E-state index in [4.69, 9.17) is 15.6 Å². The minimum absolute atomic E-state index is 0.0642. The third kappa shape index (κ3) is 2.63. The maximum absolute atomic E-state index is 11.8. The van der Waals surface area contributed by atoms with Gasteiger partial charge in [0.25, 0.3) is 5.91 Å². The molecule has 5 heteroatoms. The molecular weight excluding hydrogens is 232 g/mol. The Morgan fingerprint density at radius 2 is 2.28 bits per heavy atom. The fourth-order valence-corrected chi connectivity index (χ4v) is 2.04. The molecule has 0 bridgehead atoms. The Bertz CT molecular complexity index is 434. The van der Waals surface area contributed by atoms with Crippen LogP contribution in [0.5, 0.6) is 5.75 Å². The van der Waals surface area contributed by atoms with Gasteiger partial charge in [-0.25, -0.2) is 0 Å². The highest BCUT2D eigenvalue weighted by molar-refractivity contribution is 5.97. The molecule has 0 radical (unpaired) electrons. The van der Waals surface area contributed by atoms with Crippen LogP contribution in [0.1, 0.15) is 12.0 Å². The van der Waals surface area contributed by atoms with Crippen molar-refractivity contribution in [2.45, 2.75) is 12.8 Å². The van der Waals surface area contributed by atoms with E-state index in [0.717, 1.165) is 17.7 Å². The number of rotatable bonds is 5. The summed E-state index contributed by atoms with van der Waals surface area (Å²) in [6, 6.07) is 5.78. The summed E-state index contributed by atoms with van der Waals surface area (Å²) in [6.45, 7) is 1.22. The molecule has 1 aliphatic rings. The summed E-state index contributed by atoms with van der Waals surface area (Å²) in [5, 5.41) is 8.88. The molecule has 0 aromatic heterocycles. The van der Waals surface area contributed by atoms with Gasteiger partial charge in [0.05, 0.1) is 5.69 Å². The number of carbonyl (C=O) groups excluding carboxylic acids is 1. The summed E-state index contributed by atoms with van der Waals surface area (Å²) in [7, 11) is 0. The first kappa shape index (κ1) is 12.9. The Kier molecular flexibility index (Phi) is 4.17. The van der Waals surface area contributed by atoms with Crippen molar-refractivity contribution in [2.75, 3.05) is 31.2 Å². The Morgan fingerprint density at radius 1 is 1.44 bits per heavy atom. The van der Waals surface area contributed by atoms with Crippen LogP contribution < -0.4 is 15.4 Å². The lowest BCUT2D eigenvalue weighted by atomic mass is 10.1. The molecule has 5 nitrogen and oxygen atoms in total. The fraction of sp³-hybridized carbons (Fsp3) is 0.462. The van der Waals surface area contributed by atoms with Crippen molar-refractivity contribution in [1.82, 2.24) is 0 Å². The van der Waals surface area contributed by atoms with Gasteiger partial charge in [0.2, 0.25) is 0 Å². The number of anilines is 1. The van der Waals surface area contributed by atoms with Crippen molar-refractivity contribution < 1.29 is 14.6 Å². The van der Waals surface area contributed by atoms with E-state index < -0.39 is 0 Å². The Balaban J connectivity index is 2.27. The summed E-state index contributed by atoms with van der Waals surface area (Å²) >= 11 is 0. The number of amides is 1. The molecule has 0 aliphatic carbocycles. The van der Waals surface area contributed by atoms with Gasteiger partial charge in [-0.3, -0.25) is 4.79 Å². The molecular formula is C13H18N2O3. The van der Waals surface area contributed by atoms with Gasteiger partial charge < -0.3 is 20.5 Å². The smallest absolute Gasteiger partial charge is 0.265 e. The number of nitrogens with two attached hydrogens (primary N) is 1. The zero-order chi connectivity index (χ0) is 13.0. The molecule has 98 valence electrons. The van der Waals surface area contributed by atoms with E-state index in [-0.39, 0.29) is 19.1 Å². The SMILES string of the molecule is NCCc1ccc2c(c1)N(CCCO)C(=O)CO2. The van der Waals surface area contributed by atoms with E-state index in [0.29, 0.717) is 25.3 Å². The fourth-order valence-electron chi connectivity index (χ4n) is 2.04. The number of aliphatic hydroxyl groups is 1. The average molecular weight is 250 g/mol. The molecule has 0 atom stereocenters. The van der Waals surface area contributed by atoms with Crippen molar-refractivity contribution in [3.63, 3.8) is 0 Å². The number of benzene rings is 1. The maximum atomic E-state index is 11.8. The Labute approximate surface area is 106 Å². The van der Waals surface area contributed by atoms with Crippen LogP contribution in [0.3, 0.4) is 0 Å². The van der Waals surface area contributed by atoms with E-state index in [2.05, 4.69) is 0 Å². The van der Waals surface area contributed by atoms with Gasteiger partial charge in [-0.1, -0.05) is 6.07 Å². The van der Waals surface area contributed by atoms with Crippen molar-refractivity contribution in [3.8, 4) is 5.75 Å². The third-order valence-electron chi connectivity index (χ3n) is 2.94. The number of fused-ring (bicyclic) bond motifs is 1. The van der Waals surface area contributed by atoms with Crippen LogP contribution in [0.4, 0.5) is 5.69 Å². The third-order valence-corrected chi connectivity index (χ3v) is 2.94. The van der Waals surface area contributed by atoms with Crippen molar-refractivity contribution in [1.29, 1.82) is 0 Å². The van der Waals surface area contributed by atoms with Crippen LogP contribution in [0, 0.1) is 0 Å². The summed E-state index contributed by atoms with van der Waals surface area (Å²) in [6.07, 6.45) is 1.33. The lowest BCUT2D eigenvalue weighted by Gasteiger charge is -2.29. The van der Waals surface area contributed by atoms with Gasteiger partial charge in [-0.15, -0.1) is 0 Å². The van der Waals surface area contributed by atoms with Crippen LogP contribution in [0.2, 0.25) is 0 Å². The average Bonchev–Trinajstić information content (AvgIpc) is 2.38. The largest absolute Gasteiger partial charge is 0.482 e. The molecule has 1 amide bonds. The number of hydrogen-bond acceptors (Lipinski definition) is 4. The van der Waals surface area contributed by atoms with Gasteiger partial charge in [-0.2, -0.15) is 0 Å². The monoisotopic (exact) mass is 250 g/mol. The predicted molar refractivity (Wildman–Crippen MR) is 68.8 cm³/mol. The van der Waals surface area contributed by atoms with Crippen LogP contribution in [0.25, 0.3) is 0 Å². The molecule has 0 saturated heterocycles. The van der Waals surface area contributed by atoms with Gasteiger partial charge >= 0.3 is 0 Å². The Morgan fingerprint density at radius 3 is 3.00 bits per heavy atom. The molecule has 18 heavy (non-hydrogen) atoms. The van der Waals surface area contributed by atoms with Crippen LogP contribution in [0.15, 0.2) is 18.2 Å². The molecule has 0 spiro atoms. The van der Waals surface area contributed by atoms with Gasteiger partial charge in [-0.05, 0) is 37.1 Å². The second kappa shape index (κ2) is 5.84. The zero-order valence-corrected chi connectivity index (χ0v) is 10.3. The molecule has 2 rings (SSSR count). The molecule has 1 aromatic carbocycles. The lowest BCUT2D eigenvalue weighted by molar-refractivity contribution is -0.121. The highest BCUT2D eigenvalue weighted by atomic mass is 16.5. The molecule has 0 unspecified atom stereocenters. The van der Waals surface area contributed by atoms with E-state index in [1.807, 2.05) is 18.2 Å². The molecule has 0 saturated carbocycles. The second-order valence-electron chi connectivity index (χ2n) is 4.25. The molecule has 1 heterocycles. The quantitative estimate of drug-likeness (QED) is 0.788. The summed E-state index contributed by atoms with van der Waals surface area (Å²) in [5.41, 5.74) is 7.40. The first-order valence-electron chi connectivity index (χ1n) is 6.13. The van der Waals surface area contributed by atoms with Crippen LogP contribution >= 0.6 is 0 Å². The zero-order valence-electron chi connectivity index (χ0n) is 10.3. The summed E-state index contributed by atoms with van der Waals surface area (Å²) in [5.74, 6) is 0.647. The summed E-state index contributed by atoms with van der Waals surface area (Å²) in [4.78, 5) is 13.5. The molecule has 1 aromatic rings. The van der Waals surface area contributed by atoms with Gasteiger partial charge in [0.1, 0.15) is 5.75 Å². The number of aliphatic hydroxyl groups excluding tert-OH is 1. The number of ether oxygens (including phenoxy) is 1. The molecule has 0 fully saturated rings. The highest BCUT2D eigenvalue weighted by Gasteiger charge is 2.25. The number of carbonyl (C=O) groups is 1.